The fourth-order valence-electron chi connectivity index (χ4n) is 6.45. The summed E-state index contributed by atoms with van der Waals surface area (Å²) in [6, 6.07) is 39.8. The predicted octanol–water partition coefficient (Wildman–Crippen LogP) is 10.3. The van der Waals surface area contributed by atoms with Crippen LogP contribution in [0.15, 0.2) is 128 Å². The quantitative estimate of drug-likeness (QED) is 0.107. The van der Waals surface area contributed by atoms with Gasteiger partial charge >= 0.3 is 0 Å². The number of para-hydroxylation sites is 1. The van der Waals surface area contributed by atoms with Crippen molar-refractivity contribution in [2.75, 3.05) is 0 Å². The number of ether oxygens (including phenoxy) is 1. The second-order valence-corrected chi connectivity index (χ2v) is 14.1. The van der Waals surface area contributed by atoms with Crippen molar-refractivity contribution in [1.29, 1.82) is 0 Å². The van der Waals surface area contributed by atoms with E-state index in [9.17, 15) is 0 Å². The number of aromatic nitrogens is 5. The summed E-state index contributed by atoms with van der Waals surface area (Å²) >= 11 is 0. The first-order valence-electron chi connectivity index (χ1n) is 19.4. The van der Waals surface area contributed by atoms with Crippen LogP contribution in [0.3, 0.4) is 0 Å². The normalized spacial score (nSPS) is 13.3. The molecule has 0 aliphatic rings. The van der Waals surface area contributed by atoms with Crippen molar-refractivity contribution in [1.82, 2.24) is 19.1 Å². The zero-order chi connectivity index (χ0) is 39.4. The molecule has 4 aromatic carbocycles. The van der Waals surface area contributed by atoms with Crippen LogP contribution in [0.1, 0.15) is 51.2 Å². The van der Waals surface area contributed by atoms with Crippen LogP contribution < -0.4 is 9.30 Å². The van der Waals surface area contributed by atoms with Crippen LogP contribution in [-0.2, 0) is 33.8 Å². The third kappa shape index (κ3) is 7.75. The van der Waals surface area contributed by atoms with Gasteiger partial charge in [-0.3, -0.25) is 4.57 Å². The molecule has 268 valence electrons. The number of pyridine rings is 2. The summed E-state index contributed by atoms with van der Waals surface area (Å²) in [6.07, 6.45) is 7.24. The Bertz CT molecular complexity index is 2720. The molecule has 7 heteroatoms. The number of imidazole rings is 1. The van der Waals surface area contributed by atoms with Gasteiger partial charge in [-0.2, -0.15) is 6.07 Å². The first kappa shape index (κ1) is 31.2. The second kappa shape index (κ2) is 15.0. The first-order valence-corrected chi connectivity index (χ1v) is 17.4. The number of hydrogen-bond acceptors (Lipinski definition) is 3. The van der Waals surface area contributed by atoms with E-state index in [0.717, 1.165) is 38.8 Å². The van der Waals surface area contributed by atoms with Gasteiger partial charge in [0.05, 0.1) is 11.4 Å². The molecule has 53 heavy (non-hydrogen) atoms. The van der Waals surface area contributed by atoms with Crippen LogP contribution in [0.4, 0.5) is 0 Å². The van der Waals surface area contributed by atoms with Gasteiger partial charge in [0, 0.05) is 56.0 Å². The molecule has 6 nitrogen and oxygen atoms in total. The molecule has 0 aliphatic carbocycles. The predicted molar refractivity (Wildman–Crippen MR) is 207 cm³/mol. The molecule has 0 N–H and O–H groups in total. The maximum Gasteiger partial charge on any atom is 0.267 e. The van der Waals surface area contributed by atoms with Gasteiger partial charge in [0.2, 0.25) is 0 Å². The van der Waals surface area contributed by atoms with E-state index in [2.05, 4.69) is 29.5 Å². The third-order valence-electron chi connectivity index (χ3n) is 8.50. The molecule has 4 aromatic heterocycles. The molecule has 0 saturated carbocycles. The Morgan fingerprint density at radius 3 is 2.45 bits per heavy atom. The number of benzene rings is 4. The molecule has 0 atom stereocenters. The summed E-state index contributed by atoms with van der Waals surface area (Å²) in [5, 5.41) is 1.98. The average Bonchev–Trinajstić information content (AvgIpc) is 3.78. The van der Waals surface area contributed by atoms with Crippen molar-refractivity contribution >= 4 is 21.8 Å². The Kier molecular flexibility index (Phi) is 8.82. The number of hydrogen-bond donors (Lipinski definition) is 0. The largest absolute Gasteiger partial charge is 0.508 e. The molecule has 0 spiro atoms. The second-order valence-electron chi connectivity index (χ2n) is 14.1. The number of fused-ring (bicyclic) bond motifs is 3. The third-order valence-corrected chi connectivity index (χ3v) is 8.50. The molecule has 8 aromatic rings. The molecule has 8 rings (SSSR count). The SMILES string of the molecule is [2H]C([2H])(c1cccc(-[n+]2[c-]n(-c3[c-]c(Oc4[c-]c5c(cc4)c4ccccc4n5-c4cc(C([2H])([2H])C(C)(C)C)ccn4)cnc3)cc2-c2ccccc2)c1)C(C)C.[Pt]. The van der Waals surface area contributed by atoms with E-state index in [-0.39, 0.29) is 27.0 Å². The van der Waals surface area contributed by atoms with Crippen LogP contribution >= 0.6 is 0 Å². The van der Waals surface area contributed by atoms with E-state index in [4.69, 9.17) is 15.2 Å². The molecule has 4 heterocycles. The molecule has 0 saturated heterocycles. The minimum atomic E-state index is -1.60. The van der Waals surface area contributed by atoms with E-state index in [1.165, 1.54) is 0 Å². The van der Waals surface area contributed by atoms with Gasteiger partial charge in [-0.05, 0) is 82.8 Å². The monoisotopic (exact) mass is 878 g/mol. The van der Waals surface area contributed by atoms with Crippen molar-refractivity contribution in [2.45, 2.75) is 47.4 Å². The van der Waals surface area contributed by atoms with Gasteiger partial charge in [-0.15, -0.1) is 23.6 Å². The van der Waals surface area contributed by atoms with E-state index < -0.39 is 18.2 Å². The molecular formula is C46H41N5OPt-2. The molecule has 0 unspecified atom stereocenters. The van der Waals surface area contributed by atoms with Crippen LogP contribution in [0.5, 0.6) is 11.5 Å². The average molecular weight is 879 g/mol. The zero-order valence-electron chi connectivity index (χ0n) is 34.2. The maximum atomic E-state index is 8.92. The van der Waals surface area contributed by atoms with E-state index >= 15 is 0 Å². The summed E-state index contributed by atoms with van der Waals surface area (Å²) in [5.41, 5.74) is 5.37. The van der Waals surface area contributed by atoms with Gasteiger partial charge in [0.1, 0.15) is 5.82 Å². The number of nitrogens with zero attached hydrogens (tertiary/aromatic N) is 5. The summed E-state index contributed by atoms with van der Waals surface area (Å²) in [4.78, 5) is 9.21. The van der Waals surface area contributed by atoms with Crippen molar-refractivity contribution in [3.05, 3.63) is 158 Å². The molecular weight excluding hydrogens is 834 g/mol. The van der Waals surface area contributed by atoms with E-state index in [1.54, 1.807) is 24.7 Å². The minimum Gasteiger partial charge on any atom is -0.508 e. The Balaban J connectivity index is 0.00000496. The van der Waals surface area contributed by atoms with Crippen LogP contribution in [0.25, 0.3) is 50.3 Å². The van der Waals surface area contributed by atoms with Gasteiger partial charge in [-0.1, -0.05) is 113 Å². The van der Waals surface area contributed by atoms with Crippen molar-refractivity contribution in [3.63, 3.8) is 0 Å². The molecule has 0 fully saturated rings. The summed E-state index contributed by atoms with van der Waals surface area (Å²) < 4.78 is 47.4. The minimum absolute atomic E-state index is 0. The standard InChI is InChI=1S/C46H41N5O.Pt/c1-32(2)22-33-12-11-15-36(23-33)50-31-49(30-44(50)35-13-7-6-8-14-35)37-25-39(29-47-28-37)52-38-18-19-41-40-16-9-10-17-42(40)51(43(41)26-38)45-24-34(20-21-48-45)27-46(3,4)5;/h6-21,23-24,28-30,32H,22,27H2,1-5H3;/q-2;/i22D2,27D2;. The molecule has 0 aliphatic heterocycles. The Morgan fingerprint density at radius 1 is 0.830 bits per heavy atom. The van der Waals surface area contributed by atoms with E-state index in [0.29, 0.717) is 34.1 Å². The van der Waals surface area contributed by atoms with Crippen molar-refractivity contribution in [2.24, 2.45) is 11.3 Å². The summed E-state index contributed by atoms with van der Waals surface area (Å²) in [7, 11) is 0. The van der Waals surface area contributed by atoms with Gasteiger partial charge < -0.3 is 18.9 Å². The fourth-order valence-corrected chi connectivity index (χ4v) is 6.45. The number of rotatable bonds is 9. The Hall–Kier alpha value is -5.32. The van der Waals surface area contributed by atoms with Crippen LogP contribution in [0, 0.1) is 29.8 Å². The zero-order valence-corrected chi connectivity index (χ0v) is 32.4. The smallest absolute Gasteiger partial charge is 0.267 e. The first-order chi connectivity index (χ1) is 26.7. The van der Waals surface area contributed by atoms with Crippen molar-refractivity contribution in [3.8, 4) is 39.9 Å². The topological polar surface area (TPSA) is 48.8 Å². The van der Waals surface area contributed by atoms with Gasteiger partial charge in [0.15, 0.2) is 0 Å². The summed E-state index contributed by atoms with van der Waals surface area (Å²) in [6.45, 7) is 9.47. The molecule has 0 radical (unpaired) electrons. The molecule has 0 amide bonds. The summed E-state index contributed by atoms with van der Waals surface area (Å²) in [5.74, 6) is 1.21. The van der Waals surface area contributed by atoms with Gasteiger partial charge in [0.25, 0.3) is 6.33 Å². The van der Waals surface area contributed by atoms with Crippen molar-refractivity contribution < 1.29 is 35.9 Å². The fraction of sp³-hybridized carbons (Fsp3) is 0.196. The Labute approximate surface area is 331 Å². The van der Waals surface area contributed by atoms with Crippen LogP contribution in [0.2, 0.25) is 0 Å². The maximum absolute atomic E-state index is 8.92. The molecule has 0 bridgehead atoms. The Morgan fingerprint density at radius 2 is 1.64 bits per heavy atom. The van der Waals surface area contributed by atoms with E-state index in [1.807, 2.05) is 146 Å². The van der Waals surface area contributed by atoms with Crippen LogP contribution in [-0.4, -0.2) is 19.1 Å². The van der Waals surface area contributed by atoms with Gasteiger partial charge in [-0.25, -0.2) is 4.98 Å².